The van der Waals surface area contributed by atoms with Gasteiger partial charge in [0.05, 0.1) is 18.3 Å². The van der Waals surface area contributed by atoms with Crippen LogP contribution in [0.1, 0.15) is 56.3 Å². The number of aromatic nitrogens is 1. The van der Waals surface area contributed by atoms with Gasteiger partial charge in [-0.3, -0.25) is 4.79 Å². The Morgan fingerprint density at radius 1 is 1.38 bits per heavy atom. The van der Waals surface area contributed by atoms with Gasteiger partial charge in [0.1, 0.15) is 5.02 Å². The van der Waals surface area contributed by atoms with E-state index in [9.17, 15) is 4.79 Å². The Kier molecular flexibility index (Phi) is 5.30. The van der Waals surface area contributed by atoms with E-state index in [1.54, 1.807) is 6.07 Å². The topological polar surface area (TPSA) is 60.5 Å². The Hall–Kier alpha value is -1.33. The number of carbonyl (C=O) groups excluding carboxylic acids is 1. The maximum Gasteiger partial charge on any atom is 0.253 e. The van der Waals surface area contributed by atoms with Crippen molar-refractivity contribution in [1.29, 1.82) is 0 Å². The van der Waals surface area contributed by atoms with E-state index >= 15 is 0 Å². The molecule has 2 fully saturated rings. The van der Waals surface area contributed by atoms with Crippen LogP contribution >= 0.6 is 11.6 Å². The molecule has 0 aliphatic heterocycles. The summed E-state index contributed by atoms with van der Waals surface area (Å²) >= 11 is 6.13. The number of nitrogens with one attached hydrogen (secondary N) is 1. The monoisotopic (exact) mass is 352 g/mol. The summed E-state index contributed by atoms with van der Waals surface area (Å²) in [6, 6.07) is 1.80. The smallest absolute Gasteiger partial charge is 0.253 e. The van der Waals surface area contributed by atoms with E-state index in [0.717, 1.165) is 25.9 Å². The van der Waals surface area contributed by atoms with Gasteiger partial charge in [-0.15, -0.1) is 0 Å². The Morgan fingerprint density at radius 2 is 2.12 bits per heavy atom. The molecule has 1 spiro atoms. The van der Waals surface area contributed by atoms with Crippen molar-refractivity contribution in [3.63, 3.8) is 0 Å². The molecule has 2 aliphatic carbocycles. The summed E-state index contributed by atoms with van der Waals surface area (Å²) in [7, 11) is 0. The first kappa shape index (κ1) is 17.5. The average Bonchev–Trinajstić information content (AvgIpc) is 3.08. The van der Waals surface area contributed by atoms with Gasteiger partial charge in [-0.25, -0.2) is 4.98 Å². The zero-order valence-corrected chi connectivity index (χ0v) is 15.1. The minimum Gasteiger partial charge on any atom is -0.477 e. The van der Waals surface area contributed by atoms with Crippen molar-refractivity contribution in [2.75, 3.05) is 13.2 Å². The summed E-state index contributed by atoms with van der Waals surface area (Å²) in [5.74, 6) is 0.238. The molecular weight excluding hydrogens is 328 g/mol. The number of halogens is 1. The number of hydrogen-bond donors (Lipinski definition) is 1. The molecule has 1 N–H and O–H groups in total. The Balaban J connectivity index is 1.68. The van der Waals surface area contributed by atoms with Crippen LogP contribution in [0.25, 0.3) is 0 Å². The lowest BCUT2D eigenvalue weighted by atomic mass is 9.60. The summed E-state index contributed by atoms with van der Waals surface area (Å²) in [5, 5.41) is 3.54. The molecule has 1 amide bonds. The van der Waals surface area contributed by atoms with Crippen molar-refractivity contribution in [1.82, 2.24) is 10.3 Å². The Morgan fingerprint density at radius 3 is 2.75 bits per heavy atom. The largest absolute Gasteiger partial charge is 0.477 e. The van der Waals surface area contributed by atoms with Crippen LogP contribution in [0.15, 0.2) is 12.3 Å². The molecule has 0 saturated heterocycles. The van der Waals surface area contributed by atoms with Gasteiger partial charge in [-0.1, -0.05) is 24.4 Å². The molecule has 3 rings (SSSR count). The number of hydrogen-bond acceptors (Lipinski definition) is 4. The summed E-state index contributed by atoms with van der Waals surface area (Å²) in [6.07, 6.45) is 7.37. The molecule has 0 aromatic carbocycles. The molecule has 1 aromatic rings. The highest BCUT2D eigenvalue weighted by Gasteiger charge is 2.57. The van der Waals surface area contributed by atoms with E-state index in [2.05, 4.69) is 10.3 Å². The third kappa shape index (κ3) is 3.11. The predicted molar refractivity (Wildman–Crippen MR) is 92.6 cm³/mol. The maximum absolute atomic E-state index is 12.6. The van der Waals surface area contributed by atoms with Gasteiger partial charge >= 0.3 is 0 Å². The zero-order valence-electron chi connectivity index (χ0n) is 14.3. The quantitative estimate of drug-likeness (QED) is 0.849. The lowest BCUT2D eigenvalue weighted by Crippen LogP contribution is -2.63. The van der Waals surface area contributed by atoms with Crippen LogP contribution in [0, 0.1) is 5.41 Å². The fourth-order valence-corrected chi connectivity index (χ4v) is 4.34. The molecule has 132 valence electrons. The highest BCUT2D eigenvalue weighted by molar-refractivity contribution is 6.32. The normalized spacial score (nSPS) is 24.6. The molecule has 2 saturated carbocycles. The molecular formula is C18H25ClN2O3. The first-order valence-electron chi connectivity index (χ1n) is 8.81. The van der Waals surface area contributed by atoms with Crippen molar-refractivity contribution >= 4 is 17.5 Å². The molecule has 0 radical (unpaired) electrons. The Labute approximate surface area is 148 Å². The summed E-state index contributed by atoms with van der Waals surface area (Å²) in [6.45, 7) is 5.11. The number of ether oxygens (including phenoxy) is 2. The average molecular weight is 353 g/mol. The predicted octanol–water partition coefficient (Wildman–Crippen LogP) is 3.60. The van der Waals surface area contributed by atoms with E-state index < -0.39 is 0 Å². The second-order valence-electron chi connectivity index (χ2n) is 6.59. The fourth-order valence-electron chi connectivity index (χ4n) is 4.12. The molecule has 24 heavy (non-hydrogen) atoms. The van der Waals surface area contributed by atoms with E-state index in [4.69, 9.17) is 21.1 Å². The zero-order chi connectivity index (χ0) is 17.2. The van der Waals surface area contributed by atoms with Gasteiger partial charge in [0.2, 0.25) is 5.88 Å². The van der Waals surface area contributed by atoms with Crippen LogP contribution in [-0.4, -0.2) is 36.3 Å². The van der Waals surface area contributed by atoms with Gasteiger partial charge < -0.3 is 14.8 Å². The van der Waals surface area contributed by atoms with Crippen molar-refractivity contribution in [3.8, 4) is 5.88 Å². The molecule has 1 heterocycles. The van der Waals surface area contributed by atoms with E-state index in [0.29, 0.717) is 23.1 Å². The van der Waals surface area contributed by atoms with Crippen LogP contribution in [-0.2, 0) is 4.74 Å². The summed E-state index contributed by atoms with van der Waals surface area (Å²) in [4.78, 5) is 16.7. The molecule has 6 heteroatoms. The standard InChI is InChI=1S/C18H25ClN2O3/c1-3-23-15-10-14(18(15)7-5-6-8-18)21-16(22)12-9-13(19)17(20-11-12)24-4-2/h9,11,14-15H,3-8,10H2,1-2H3,(H,21,22)/t14-,15+/m1/s1. The molecule has 2 atom stereocenters. The van der Waals surface area contributed by atoms with Gasteiger partial charge in [0.15, 0.2) is 0 Å². The molecule has 5 nitrogen and oxygen atoms in total. The lowest BCUT2D eigenvalue weighted by molar-refractivity contribution is -0.127. The highest BCUT2D eigenvalue weighted by Crippen LogP contribution is 2.54. The minimum atomic E-state index is -0.126. The van der Waals surface area contributed by atoms with Crippen molar-refractivity contribution in [2.45, 2.75) is 58.1 Å². The minimum absolute atomic E-state index is 0.119. The first-order chi connectivity index (χ1) is 11.6. The Bertz CT molecular complexity index is 602. The highest BCUT2D eigenvalue weighted by atomic mass is 35.5. The SMILES string of the molecule is CCOc1ncc(C(=O)N[C@@H]2C[C@H](OCC)C23CCCC3)cc1Cl. The second kappa shape index (κ2) is 7.28. The third-order valence-corrected chi connectivity index (χ3v) is 5.61. The summed E-state index contributed by atoms with van der Waals surface area (Å²) < 4.78 is 11.2. The number of rotatable bonds is 6. The fraction of sp³-hybridized carbons (Fsp3) is 0.667. The molecule has 0 unspecified atom stereocenters. The molecule has 2 aliphatic rings. The van der Waals surface area contributed by atoms with Crippen LogP contribution in [0.2, 0.25) is 5.02 Å². The van der Waals surface area contributed by atoms with Crippen LogP contribution < -0.4 is 10.1 Å². The first-order valence-corrected chi connectivity index (χ1v) is 9.19. The van der Waals surface area contributed by atoms with E-state index in [1.165, 1.54) is 19.0 Å². The van der Waals surface area contributed by atoms with Gasteiger partial charge in [0, 0.05) is 24.3 Å². The van der Waals surface area contributed by atoms with Crippen LogP contribution in [0.4, 0.5) is 0 Å². The number of carbonyl (C=O) groups is 1. The van der Waals surface area contributed by atoms with Crippen molar-refractivity contribution in [3.05, 3.63) is 22.8 Å². The summed E-state index contributed by atoms with van der Waals surface area (Å²) in [5.41, 5.74) is 0.588. The van der Waals surface area contributed by atoms with E-state index in [1.807, 2.05) is 13.8 Å². The second-order valence-corrected chi connectivity index (χ2v) is 7.00. The van der Waals surface area contributed by atoms with E-state index in [-0.39, 0.29) is 23.5 Å². The van der Waals surface area contributed by atoms with Gasteiger partial charge in [0.25, 0.3) is 5.91 Å². The number of amides is 1. The third-order valence-electron chi connectivity index (χ3n) is 5.34. The van der Waals surface area contributed by atoms with Gasteiger partial charge in [-0.2, -0.15) is 0 Å². The molecule has 1 aromatic heterocycles. The van der Waals surface area contributed by atoms with Crippen molar-refractivity contribution in [2.24, 2.45) is 5.41 Å². The molecule has 0 bridgehead atoms. The lowest BCUT2D eigenvalue weighted by Gasteiger charge is -2.54. The number of nitrogens with zero attached hydrogens (tertiary/aromatic N) is 1. The number of pyridine rings is 1. The van der Waals surface area contributed by atoms with Crippen molar-refractivity contribution < 1.29 is 14.3 Å². The van der Waals surface area contributed by atoms with Crippen LogP contribution in [0.3, 0.4) is 0 Å². The van der Waals surface area contributed by atoms with Crippen LogP contribution in [0.5, 0.6) is 5.88 Å². The van der Waals surface area contributed by atoms with Gasteiger partial charge in [-0.05, 0) is 39.2 Å². The maximum atomic E-state index is 12.6.